The summed E-state index contributed by atoms with van der Waals surface area (Å²) < 4.78 is 32.1. The number of fused-ring (bicyclic) bond motifs is 1. The van der Waals surface area contributed by atoms with Crippen molar-refractivity contribution in [1.29, 1.82) is 0 Å². The molecule has 0 unspecified atom stereocenters. The predicted molar refractivity (Wildman–Crippen MR) is 75.4 cm³/mol. The van der Waals surface area contributed by atoms with Gasteiger partial charge in [-0.1, -0.05) is 5.21 Å². The van der Waals surface area contributed by atoms with E-state index in [0.717, 1.165) is 19.7 Å². The molecule has 0 atom stereocenters. The van der Waals surface area contributed by atoms with Gasteiger partial charge in [-0.25, -0.2) is 26.9 Å². The Balaban J connectivity index is 2.49. The number of nitrogens with zero attached hydrogens (tertiary/aromatic N) is 6. The summed E-state index contributed by atoms with van der Waals surface area (Å²) in [5, 5.41) is 7.20. The van der Waals surface area contributed by atoms with Gasteiger partial charge in [0.2, 0.25) is 10.7 Å². The van der Waals surface area contributed by atoms with Crippen LogP contribution in [0.5, 0.6) is 0 Å². The van der Waals surface area contributed by atoms with Gasteiger partial charge in [0.15, 0.2) is 0 Å². The smallest absolute Gasteiger partial charge is 0.353 e. The number of aromatic nitrogens is 5. The minimum atomic E-state index is -3.79. The molecule has 2 rings (SSSR count). The molecule has 0 bridgehead atoms. The van der Waals surface area contributed by atoms with Crippen molar-refractivity contribution in [1.82, 2.24) is 28.7 Å². The van der Waals surface area contributed by atoms with Crippen molar-refractivity contribution in [3.8, 4) is 0 Å². The highest BCUT2D eigenvalue weighted by Crippen LogP contribution is 2.14. The Hall–Kier alpha value is -1.50. The first kappa shape index (κ1) is 15.9. The van der Waals surface area contributed by atoms with E-state index < -0.39 is 15.7 Å². The maximum Gasteiger partial charge on any atom is 0.353 e. The molecule has 0 aliphatic carbocycles. The SMILES string of the molecule is COCSCn1nnc2c(S(=O)(=O)N(C)C)ncn2c1=O. The molecule has 0 N–H and O–H groups in total. The fraction of sp³-hybridized carbons (Fsp3) is 0.556. The van der Waals surface area contributed by atoms with Crippen molar-refractivity contribution in [2.45, 2.75) is 10.9 Å². The molecule has 12 heteroatoms. The summed E-state index contributed by atoms with van der Waals surface area (Å²) in [6.45, 7) is 0. The molecule has 0 saturated heterocycles. The van der Waals surface area contributed by atoms with E-state index in [9.17, 15) is 13.2 Å². The van der Waals surface area contributed by atoms with Crippen LogP contribution < -0.4 is 5.69 Å². The van der Waals surface area contributed by atoms with E-state index in [0.29, 0.717) is 5.94 Å². The first-order chi connectivity index (χ1) is 9.89. The summed E-state index contributed by atoms with van der Waals surface area (Å²) >= 11 is 1.32. The van der Waals surface area contributed by atoms with Crippen molar-refractivity contribution in [3.63, 3.8) is 0 Å². The first-order valence-corrected chi connectivity index (χ1v) is 8.29. The summed E-state index contributed by atoms with van der Waals surface area (Å²) in [5.74, 6) is 0.639. The van der Waals surface area contributed by atoms with Crippen LogP contribution in [0.3, 0.4) is 0 Å². The zero-order valence-corrected chi connectivity index (χ0v) is 13.3. The average Bonchev–Trinajstić information content (AvgIpc) is 2.86. The minimum Gasteiger partial charge on any atom is -0.374 e. The summed E-state index contributed by atoms with van der Waals surface area (Å²) in [7, 11) is 0.499. The monoisotopic (exact) mass is 334 g/mol. The second-order valence-electron chi connectivity index (χ2n) is 4.14. The highest BCUT2D eigenvalue weighted by atomic mass is 32.2. The highest BCUT2D eigenvalue weighted by molar-refractivity contribution is 7.98. The molecule has 0 fully saturated rings. The molecule has 0 saturated carbocycles. The van der Waals surface area contributed by atoms with Gasteiger partial charge in [0.25, 0.3) is 10.0 Å². The van der Waals surface area contributed by atoms with Gasteiger partial charge < -0.3 is 4.74 Å². The number of hydrogen-bond donors (Lipinski definition) is 0. The number of ether oxygens (including phenoxy) is 1. The Morgan fingerprint density at radius 1 is 1.43 bits per heavy atom. The van der Waals surface area contributed by atoms with Gasteiger partial charge in [-0.3, -0.25) is 0 Å². The van der Waals surface area contributed by atoms with E-state index in [4.69, 9.17) is 4.74 Å². The van der Waals surface area contributed by atoms with E-state index in [-0.39, 0.29) is 16.5 Å². The van der Waals surface area contributed by atoms with Crippen molar-refractivity contribution in [2.24, 2.45) is 0 Å². The minimum absolute atomic E-state index is 0.0957. The molecule has 116 valence electrons. The maximum atomic E-state index is 12.2. The Kier molecular flexibility index (Phi) is 4.61. The molecule has 21 heavy (non-hydrogen) atoms. The zero-order valence-electron chi connectivity index (χ0n) is 11.6. The van der Waals surface area contributed by atoms with Crippen LogP contribution in [0.25, 0.3) is 5.65 Å². The van der Waals surface area contributed by atoms with Crippen LogP contribution >= 0.6 is 11.8 Å². The summed E-state index contributed by atoms with van der Waals surface area (Å²) in [4.78, 5) is 15.9. The van der Waals surface area contributed by atoms with Gasteiger partial charge in [0.05, 0.1) is 11.8 Å². The number of hydrogen-bond acceptors (Lipinski definition) is 8. The van der Waals surface area contributed by atoms with Crippen LogP contribution in [0, 0.1) is 0 Å². The van der Waals surface area contributed by atoms with Crippen molar-refractivity contribution < 1.29 is 13.2 Å². The second-order valence-corrected chi connectivity index (χ2v) is 7.11. The van der Waals surface area contributed by atoms with E-state index >= 15 is 0 Å². The highest BCUT2D eigenvalue weighted by Gasteiger charge is 2.25. The van der Waals surface area contributed by atoms with Gasteiger partial charge in [0.1, 0.15) is 6.33 Å². The molecule has 0 aromatic carbocycles. The Bertz CT molecular complexity index is 796. The third-order valence-corrected chi connectivity index (χ3v) is 5.09. The molecular weight excluding hydrogens is 320 g/mol. The second kappa shape index (κ2) is 6.09. The topological polar surface area (TPSA) is 112 Å². The van der Waals surface area contributed by atoms with Crippen LogP contribution in [0.1, 0.15) is 0 Å². The summed E-state index contributed by atoms with van der Waals surface area (Å²) in [6.07, 6.45) is 1.13. The lowest BCUT2D eigenvalue weighted by Gasteiger charge is -2.08. The normalized spacial score (nSPS) is 12.4. The van der Waals surface area contributed by atoms with Crippen LogP contribution in [0.15, 0.2) is 16.1 Å². The van der Waals surface area contributed by atoms with Crippen LogP contribution in [-0.4, -0.2) is 64.2 Å². The zero-order chi connectivity index (χ0) is 15.6. The third kappa shape index (κ3) is 2.92. The Morgan fingerprint density at radius 2 is 2.14 bits per heavy atom. The van der Waals surface area contributed by atoms with E-state index in [2.05, 4.69) is 15.3 Å². The van der Waals surface area contributed by atoms with Crippen LogP contribution in [0.4, 0.5) is 0 Å². The summed E-state index contributed by atoms with van der Waals surface area (Å²) in [6, 6.07) is 0. The van der Waals surface area contributed by atoms with Gasteiger partial charge >= 0.3 is 5.69 Å². The first-order valence-electron chi connectivity index (χ1n) is 5.69. The van der Waals surface area contributed by atoms with Crippen molar-refractivity contribution >= 4 is 27.4 Å². The van der Waals surface area contributed by atoms with E-state index in [1.54, 1.807) is 7.11 Å². The van der Waals surface area contributed by atoms with Crippen molar-refractivity contribution in [3.05, 3.63) is 16.8 Å². The molecule has 10 nitrogen and oxygen atoms in total. The molecule has 2 heterocycles. The van der Waals surface area contributed by atoms with Gasteiger partial charge in [-0.2, -0.15) is 4.68 Å². The lowest BCUT2D eigenvalue weighted by atomic mass is 10.8. The quantitative estimate of drug-likeness (QED) is 0.480. The molecule has 0 spiro atoms. The number of imidazole rings is 1. The number of thioether (sulfide) groups is 1. The Labute approximate surface area is 124 Å². The lowest BCUT2D eigenvalue weighted by Crippen LogP contribution is -2.30. The van der Waals surface area contributed by atoms with Crippen molar-refractivity contribution in [2.75, 3.05) is 27.1 Å². The maximum absolute atomic E-state index is 12.2. The molecule has 2 aromatic heterocycles. The largest absolute Gasteiger partial charge is 0.374 e. The number of sulfonamides is 1. The van der Waals surface area contributed by atoms with Gasteiger partial charge in [0, 0.05) is 21.2 Å². The summed E-state index contributed by atoms with van der Waals surface area (Å²) in [5.41, 5.74) is -0.613. The van der Waals surface area contributed by atoms with E-state index in [1.807, 2.05) is 0 Å². The van der Waals surface area contributed by atoms with Gasteiger partial charge in [-0.05, 0) is 0 Å². The van der Waals surface area contributed by atoms with E-state index in [1.165, 1.54) is 25.9 Å². The molecule has 0 amide bonds. The Morgan fingerprint density at radius 3 is 2.76 bits per heavy atom. The molecule has 0 radical (unpaired) electrons. The average molecular weight is 334 g/mol. The predicted octanol–water partition coefficient (Wildman–Crippen LogP) is -1.17. The standard InChI is InChI=1S/C9H14N6O4S2/c1-13(2)21(17,18)8-7-11-12-15(5-20-6-19-3)9(16)14(7)4-10-8/h4H,5-6H2,1-3H3. The fourth-order valence-electron chi connectivity index (χ4n) is 1.46. The van der Waals surface area contributed by atoms with Crippen LogP contribution in [-0.2, 0) is 20.6 Å². The molecule has 0 aliphatic heterocycles. The fourth-order valence-corrected chi connectivity index (χ4v) is 2.93. The molecule has 2 aromatic rings. The lowest BCUT2D eigenvalue weighted by molar-refractivity contribution is 0.258. The third-order valence-electron chi connectivity index (χ3n) is 2.52. The number of methoxy groups -OCH3 is 1. The van der Waals surface area contributed by atoms with Crippen LogP contribution in [0.2, 0.25) is 0 Å². The number of rotatable bonds is 6. The van der Waals surface area contributed by atoms with Gasteiger partial charge in [-0.15, -0.1) is 16.9 Å². The molecule has 0 aliphatic rings. The molecular formula is C9H14N6O4S2.